The van der Waals surface area contributed by atoms with E-state index < -0.39 is 0 Å². The Morgan fingerprint density at radius 2 is 2.19 bits per heavy atom. The Balaban J connectivity index is 1.74. The van der Waals surface area contributed by atoms with E-state index in [1.165, 1.54) is 6.33 Å². The van der Waals surface area contributed by atoms with Crippen molar-refractivity contribution in [1.82, 2.24) is 20.1 Å². The third-order valence-electron chi connectivity index (χ3n) is 3.69. The molecule has 6 nitrogen and oxygen atoms in total. The summed E-state index contributed by atoms with van der Waals surface area (Å²) in [5.74, 6) is -0.0236. The smallest absolute Gasteiger partial charge is 0.251 e. The Hall–Kier alpha value is -2.21. The minimum atomic E-state index is -0.0236. The van der Waals surface area contributed by atoms with Crippen molar-refractivity contribution in [3.05, 3.63) is 42.0 Å². The summed E-state index contributed by atoms with van der Waals surface area (Å²) in [5, 5.41) is 7.16. The maximum Gasteiger partial charge on any atom is 0.251 e. The second kappa shape index (κ2) is 6.05. The largest absolute Gasteiger partial charge is 0.381 e. The fourth-order valence-corrected chi connectivity index (χ4v) is 2.49. The van der Waals surface area contributed by atoms with Gasteiger partial charge in [-0.1, -0.05) is 0 Å². The lowest BCUT2D eigenvalue weighted by atomic mass is 10.0. The van der Waals surface area contributed by atoms with Crippen LogP contribution in [0.2, 0.25) is 0 Å². The van der Waals surface area contributed by atoms with E-state index in [1.807, 2.05) is 25.1 Å². The van der Waals surface area contributed by atoms with Crippen LogP contribution >= 0.6 is 0 Å². The number of ether oxygens (including phenoxy) is 1. The van der Waals surface area contributed by atoms with E-state index in [9.17, 15) is 4.79 Å². The first kappa shape index (κ1) is 13.8. The molecule has 110 valence electrons. The Bertz CT molecular complexity index is 619. The SMILES string of the molecule is Cc1cc(-n2cncn2)ccc1C(=O)NC1CCOCC1. The molecule has 0 radical (unpaired) electrons. The molecule has 2 aromatic rings. The molecule has 0 spiro atoms. The second-order valence-electron chi connectivity index (χ2n) is 5.20. The summed E-state index contributed by atoms with van der Waals surface area (Å²) in [6.07, 6.45) is 4.88. The van der Waals surface area contributed by atoms with Crippen molar-refractivity contribution in [3.63, 3.8) is 0 Å². The molecule has 0 atom stereocenters. The van der Waals surface area contributed by atoms with Crippen LogP contribution in [-0.4, -0.2) is 39.9 Å². The highest BCUT2D eigenvalue weighted by Gasteiger charge is 2.18. The summed E-state index contributed by atoms with van der Waals surface area (Å²) in [7, 11) is 0. The molecule has 3 rings (SSSR count). The van der Waals surface area contributed by atoms with Crippen molar-refractivity contribution in [2.45, 2.75) is 25.8 Å². The van der Waals surface area contributed by atoms with Crippen LogP contribution in [0.3, 0.4) is 0 Å². The standard InChI is InChI=1S/C15H18N4O2/c1-11-8-13(19-10-16-9-17-19)2-3-14(11)15(20)18-12-4-6-21-7-5-12/h2-3,8-10,12H,4-7H2,1H3,(H,18,20). The van der Waals surface area contributed by atoms with Crippen LogP contribution in [0.15, 0.2) is 30.9 Å². The summed E-state index contributed by atoms with van der Waals surface area (Å²) in [6, 6.07) is 5.86. The van der Waals surface area contributed by atoms with Gasteiger partial charge in [0.15, 0.2) is 0 Å². The molecule has 2 heterocycles. The van der Waals surface area contributed by atoms with E-state index in [4.69, 9.17) is 4.74 Å². The number of rotatable bonds is 3. The zero-order valence-electron chi connectivity index (χ0n) is 12.0. The molecule has 1 aromatic heterocycles. The molecule has 1 amide bonds. The Morgan fingerprint density at radius 1 is 1.38 bits per heavy atom. The number of carbonyl (C=O) groups excluding carboxylic acids is 1. The van der Waals surface area contributed by atoms with Gasteiger partial charge in [0.05, 0.1) is 5.69 Å². The minimum Gasteiger partial charge on any atom is -0.381 e. The van der Waals surface area contributed by atoms with Gasteiger partial charge >= 0.3 is 0 Å². The predicted molar refractivity (Wildman–Crippen MR) is 77.4 cm³/mol. The fourth-order valence-electron chi connectivity index (χ4n) is 2.49. The van der Waals surface area contributed by atoms with Crippen LogP contribution in [0, 0.1) is 6.92 Å². The molecule has 0 unspecified atom stereocenters. The maximum absolute atomic E-state index is 12.3. The normalized spacial score (nSPS) is 15.9. The van der Waals surface area contributed by atoms with Gasteiger partial charge in [0.2, 0.25) is 0 Å². The van der Waals surface area contributed by atoms with Gasteiger partial charge in [-0.15, -0.1) is 0 Å². The number of nitrogens with one attached hydrogen (secondary N) is 1. The zero-order chi connectivity index (χ0) is 14.7. The second-order valence-corrected chi connectivity index (χ2v) is 5.20. The molecule has 1 aliphatic rings. The molecule has 0 bridgehead atoms. The number of aromatic nitrogens is 3. The van der Waals surface area contributed by atoms with Gasteiger partial charge in [0.25, 0.3) is 5.91 Å². The first-order valence-electron chi connectivity index (χ1n) is 7.08. The quantitative estimate of drug-likeness (QED) is 0.928. The lowest BCUT2D eigenvalue weighted by molar-refractivity contribution is 0.0696. The number of carbonyl (C=O) groups is 1. The van der Waals surface area contributed by atoms with E-state index in [0.29, 0.717) is 5.56 Å². The average Bonchev–Trinajstić information content (AvgIpc) is 3.02. The molecule has 0 saturated carbocycles. The monoisotopic (exact) mass is 286 g/mol. The molecule has 1 fully saturated rings. The van der Waals surface area contributed by atoms with Gasteiger partial charge < -0.3 is 10.1 Å². The first-order valence-corrected chi connectivity index (χ1v) is 7.08. The third kappa shape index (κ3) is 3.11. The van der Waals surface area contributed by atoms with Gasteiger partial charge in [-0.25, -0.2) is 9.67 Å². The van der Waals surface area contributed by atoms with E-state index >= 15 is 0 Å². The lowest BCUT2D eigenvalue weighted by Gasteiger charge is -2.23. The van der Waals surface area contributed by atoms with Gasteiger partial charge in [0.1, 0.15) is 12.7 Å². The van der Waals surface area contributed by atoms with Crippen molar-refractivity contribution in [2.75, 3.05) is 13.2 Å². The number of hydrogen-bond acceptors (Lipinski definition) is 4. The molecule has 21 heavy (non-hydrogen) atoms. The van der Waals surface area contributed by atoms with E-state index in [2.05, 4.69) is 15.4 Å². The van der Waals surface area contributed by atoms with Crippen LogP contribution < -0.4 is 5.32 Å². The predicted octanol–water partition coefficient (Wildman–Crippen LogP) is 1.48. The van der Waals surface area contributed by atoms with E-state index in [0.717, 1.165) is 37.3 Å². The maximum atomic E-state index is 12.3. The molecule has 1 aromatic carbocycles. The van der Waals surface area contributed by atoms with Crippen molar-refractivity contribution < 1.29 is 9.53 Å². The van der Waals surface area contributed by atoms with Gasteiger partial charge in [0, 0.05) is 24.8 Å². The Labute approximate surface area is 123 Å². The number of amides is 1. The molecular weight excluding hydrogens is 268 g/mol. The van der Waals surface area contributed by atoms with Crippen molar-refractivity contribution >= 4 is 5.91 Å². The minimum absolute atomic E-state index is 0.0236. The highest BCUT2D eigenvalue weighted by Crippen LogP contribution is 2.15. The average molecular weight is 286 g/mol. The third-order valence-corrected chi connectivity index (χ3v) is 3.69. The molecule has 6 heteroatoms. The Morgan fingerprint density at radius 3 is 2.86 bits per heavy atom. The summed E-state index contributed by atoms with van der Waals surface area (Å²) in [4.78, 5) is 16.3. The molecule has 0 aliphatic carbocycles. The summed E-state index contributed by atoms with van der Waals surface area (Å²) < 4.78 is 6.97. The van der Waals surface area contributed by atoms with Crippen molar-refractivity contribution in [1.29, 1.82) is 0 Å². The van der Waals surface area contributed by atoms with Gasteiger partial charge in [-0.3, -0.25) is 4.79 Å². The summed E-state index contributed by atoms with van der Waals surface area (Å²) in [6.45, 7) is 3.36. The first-order chi connectivity index (χ1) is 10.2. The zero-order valence-corrected chi connectivity index (χ0v) is 12.0. The van der Waals surface area contributed by atoms with Crippen LogP contribution in [0.5, 0.6) is 0 Å². The summed E-state index contributed by atoms with van der Waals surface area (Å²) >= 11 is 0. The number of nitrogens with zero attached hydrogens (tertiary/aromatic N) is 3. The molecule has 1 aliphatic heterocycles. The Kier molecular flexibility index (Phi) is 3.96. The number of hydrogen-bond donors (Lipinski definition) is 1. The van der Waals surface area contributed by atoms with E-state index in [-0.39, 0.29) is 11.9 Å². The van der Waals surface area contributed by atoms with Crippen LogP contribution in [0.25, 0.3) is 5.69 Å². The number of aryl methyl sites for hydroxylation is 1. The van der Waals surface area contributed by atoms with Crippen molar-refractivity contribution in [3.8, 4) is 5.69 Å². The molecule has 1 saturated heterocycles. The summed E-state index contributed by atoms with van der Waals surface area (Å²) in [5.41, 5.74) is 2.52. The van der Waals surface area contributed by atoms with E-state index in [1.54, 1.807) is 11.0 Å². The number of benzene rings is 1. The van der Waals surface area contributed by atoms with Crippen LogP contribution in [0.4, 0.5) is 0 Å². The lowest BCUT2D eigenvalue weighted by Crippen LogP contribution is -2.39. The van der Waals surface area contributed by atoms with Gasteiger partial charge in [-0.2, -0.15) is 5.10 Å². The molecule has 1 N–H and O–H groups in total. The van der Waals surface area contributed by atoms with Crippen LogP contribution in [0.1, 0.15) is 28.8 Å². The highest BCUT2D eigenvalue weighted by atomic mass is 16.5. The fraction of sp³-hybridized carbons (Fsp3) is 0.400. The van der Waals surface area contributed by atoms with Crippen LogP contribution in [-0.2, 0) is 4.74 Å². The molecular formula is C15H18N4O2. The highest BCUT2D eigenvalue weighted by molar-refractivity contribution is 5.96. The van der Waals surface area contributed by atoms with Gasteiger partial charge in [-0.05, 0) is 43.5 Å². The topological polar surface area (TPSA) is 69.0 Å². The van der Waals surface area contributed by atoms with Crippen molar-refractivity contribution in [2.24, 2.45) is 0 Å².